The van der Waals surface area contributed by atoms with Crippen LogP contribution in [0.15, 0.2) is 30.3 Å². The second kappa shape index (κ2) is 21.5. The van der Waals surface area contributed by atoms with Gasteiger partial charge >= 0.3 is 5.97 Å². The Labute approximate surface area is 379 Å². The van der Waals surface area contributed by atoms with Gasteiger partial charge in [0.2, 0.25) is 0 Å². The molecule has 3 heterocycles. The summed E-state index contributed by atoms with van der Waals surface area (Å²) >= 11 is 0. The maximum Gasteiger partial charge on any atom is 0.309 e. The van der Waals surface area contributed by atoms with Crippen LogP contribution in [-0.2, 0) is 34.9 Å². The van der Waals surface area contributed by atoms with E-state index in [9.17, 15) is 25.2 Å². The van der Waals surface area contributed by atoms with E-state index in [1.54, 1.807) is 21.0 Å². The first-order valence-electron chi connectivity index (χ1n) is 24.4. The molecule has 63 heavy (non-hydrogen) atoms. The zero-order valence-corrected chi connectivity index (χ0v) is 41.0. The Morgan fingerprint density at radius 1 is 0.905 bits per heavy atom. The van der Waals surface area contributed by atoms with Gasteiger partial charge in [0, 0.05) is 37.5 Å². The number of benzene rings is 1. The number of esters is 1. The van der Waals surface area contributed by atoms with Crippen LogP contribution < -0.4 is 10.6 Å². The summed E-state index contributed by atoms with van der Waals surface area (Å²) in [6.07, 6.45) is -1.98. The van der Waals surface area contributed by atoms with Crippen molar-refractivity contribution in [3.05, 3.63) is 35.9 Å². The molecule has 0 radical (unpaired) electrons. The zero-order chi connectivity index (χ0) is 46.7. The summed E-state index contributed by atoms with van der Waals surface area (Å²) in [4.78, 5) is 16.9. The number of hydrogen-bond acceptors (Lipinski definition) is 13. The minimum absolute atomic E-state index is 0.118. The van der Waals surface area contributed by atoms with Gasteiger partial charge in [-0.15, -0.1) is 0 Å². The predicted octanol–water partition coefficient (Wildman–Crippen LogP) is 5.64. The Kier molecular flexibility index (Phi) is 17.8. The molecule has 0 bridgehead atoms. The van der Waals surface area contributed by atoms with E-state index >= 15 is 0 Å². The van der Waals surface area contributed by atoms with Crippen molar-refractivity contribution in [2.45, 2.75) is 200 Å². The molecule has 4 fully saturated rings. The third kappa shape index (κ3) is 11.7. The highest BCUT2D eigenvalue weighted by Gasteiger charge is 2.69. The average Bonchev–Trinajstić information content (AvgIpc) is 3.80. The van der Waals surface area contributed by atoms with E-state index in [4.69, 9.17) is 23.7 Å². The lowest BCUT2D eigenvalue weighted by Crippen LogP contribution is -2.62. The molecule has 362 valence electrons. The number of carbonyl (C=O) groups is 1. The molecule has 0 amide bonds. The van der Waals surface area contributed by atoms with Gasteiger partial charge < -0.3 is 49.4 Å². The van der Waals surface area contributed by atoms with Gasteiger partial charge in [-0.1, -0.05) is 78.3 Å². The Balaban J connectivity index is 1.52. The second-order valence-corrected chi connectivity index (χ2v) is 21.0. The Morgan fingerprint density at radius 3 is 2.21 bits per heavy atom. The molecule has 19 atom stereocenters. The van der Waals surface area contributed by atoms with E-state index in [-0.39, 0.29) is 23.9 Å². The summed E-state index contributed by atoms with van der Waals surface area (Å²) in [6.45, 7) is 26.0. The molecule has 13 nitrogen and oxygen atoms in total. The molecule has 13 heteroatoms. The Morgan fingerprint density at radius 2 is 1.59 bits per heavy atom. The maximum atomic E-state index is 14.7. The number of nitrogens with zero attached hydrogens (tertiary/aromatic N) is 1. The molecule has 1 aromatic carbocycles. The van der Waals surface area contributed by atoms with Crippen molar-refractivity contribution >= 4 is 5.97 Å². The summed E-state index contributed by atoms with van der Waals surface area (Å²) in [5.41, 5.74) is -3.14. The number of methoxy groups -OCH3 is 1. The van der Waals surface area contributed by atoms with Crippen LogP contribution >= 0.6 is 0 Å². The first-order chi connectivity index (χ1) is 29.6. The van der Waals surface area contributed by atoms with E-state index in [1.165, 1.54) is 5.56 Å². The number of rotatable bonds is 13. The topological polar surface area (TPSA) is 171 Å². The third-order valence-corrected chi connectivity index (χ3v) is 16.0. The van der Waals surface area contributed by atoms with Gasteiger partial charge in [0.25, 0.3) is 0 Å². The molecule has 5 rings (SSSR count). The predicted molar refractivity (Wildman–Crippen MR) is 244 cm³/mol. The van der Waals surface area contributed by atoms with Crippen molar-refractivity contribution in [3.63, 3.8) is 0 Å². The number of hydrogen-bond donors (Lipinski definition) is 6. The Bertz CT molecular complexity index is 1590. The molecule has 1 saturated carbocycles. The molecule has 3 saturated heterocycles. The summed E-state index contributed by atoms with van der Waals surface area (Å²) in [5, 5.41) is 56.5. The molecule has 4 aliphatic rings. The number of aliphatic hydroxyl groups excluding tert-OH is 2. The molecule has 6 N–H and O–H groups in total. The highest BCUT2D eigenvalue weighted by molar-refractivity contribution is 5.73. The molecule has 3 aliphatic heterocycles. The number of nitrogens with one attached hydrogen (secondary N) is 2. The first kappa shape index (κ1) is 52.2. The largest absolute Gasteiger partial charge is 0.459 e. The number of cyclic esters (lactones) is 1. The van der Waals surface area contributed by atoms with E-state index < -0.39 is 89.7 Å². The van der Waals surface area contributed by atoms with Gasteiger partial charge in [-0.3, -0.25) is 15.0 Å². The van der Waals surface area contributed by atoms with Crippen LogP contribution in [0.25, 0.3) is 0 Å². The molecule has 1 aliphatic carbocycles. The van der Waals surface area contributed by atoms with Crippen LogP contribution in [0.4, 0.5) is 0 Å². The lowest BCUT2D eigenvalue weighted by Gasteiger charge is -2.50. The van der Waals surface area contributed by atoms with Gasteiger partial charge in [-0.05, 0) is 123 Å². The summed E-state index contributed by atoms with van der Waals surface area (Å²) in [6, 6.07) is 9.85. The second-order valence-electron chi connectivity index (χ2n) is 21.0. The van der Waals surface area contributed by atoms with Crippen molar-refractivity contribution < 1.29 is 48.9 Å². The highest BCUT2D eigenvalue weighted by Crippen LogP contribution is 2.67. The molecule has 5 unspecified atom stereocenters. The lowest BCUT2D eigenvalue weighted by atomic mass is 9.70. The van der Waals surface area contributed by atoms with Crippen molar-refractivity contribution in [1.29, 1.82) is 0 Å². The molecular weight excluding hydrogens is 803 g/mol. The number of carbonyl (C=O) groups excluding carboxylic acids is 1. The number of aliphatic hydroxyl groups is 4. The monoisotopic (exact) mass is 890 g/mol. The van der Waals surface area contributed by atoms with Crippen LogP contribution in [-0.4, -0.2) is 137 Å². The zero-order valence-electron chi connectivity index (χ0n) is 41.0. The van der Waals surface area contributed by atoms with Crippen LogP contribution in [0.3, 0.4) is 0 Å². The van der Waals surface area contributed by atoms with E-state index in [0.29, 0.717) is 37.8 Å². The van der Waals surface area contributed by atoms with Gasteiger partial charge in [0.1, 0.15) is 35.9 Å². The van der Waals surface area contributed by atoms with Crippen LogP contribution in [0, 0.1) is 40.9 Å². The van der Waals surface area contributed by atoms with E-state index in [1.807, 2.05) is 54.5 Å². The SMILES string of the molecule is CCC1C(C)C12C[C@@H](C)O[C@@H](O[C@@H]1[C@@H](C)[C@H](C3C[C@@](C)(OC)N[C@H](C)O3)[C@@H](C)C(=O)O[C@H](CC)[C@@](C)(O)C(O)[C@@H](C)N(CCCNCCc3ccccc3)C[C@H](C)C[C@@]1(C)O)[C@@H]2O. The lowest BCUT2D eigenvalue weighted by molar-refractivity contribution is -0.308. The fourth-order valence-electron chi connectivity index (χ4n) is 12.6. The van der Waals surface area contributed by atoms with E-state index in [0.717, 1.165) is 38.8 Å². The van der Waals surface area contributed by atoms with Crippen LogP contribution in [0.1, 0.15) is 127 Å². The summed E-state index contributed by atoms with van der Waals surface area (Å²) in [7, 11) is 1.64. The molecule has 1 spiro atoms. The van der Waals surface area contributed by atoms with Gasteiger partial charge in [-0.2, -0.15) is 0 Å². The quantitative estimate of drug-likeness (QED) is 0.106. The first-order valence-corrected chi connectivity index (χ1v) is 24.4. The van der Waals surface area contributed by atoms with Crippen molar-refractivity contribution in [3.8, 4) is 0 Å². The standard InChI is InChI=1S/C50H87N3O10/c1-14-38-34(7)50(38)27-31(4)60-46(43(50)55)63-44-32(5)41(39-28-48(11,59-13)52-36(9)61-39)33(6)45(56)62-40(15-2)49(12,58)42(54)35(8)53(29-30(3)26-47(44,10)57)25-19-23-51-24-22-37-20-17-16-18-21-37/h16-18,20-21,30-36,38-44,46,51-52,54-55,57-58H,14-15,19,22-29H2,1-13H3/t30-,31-,32+,33-,34?,35-,36+,38?,39?,40-,41+,42?,43+,44-,46+,47-,48-,49-,50?/m1/s1. The summed E-state index contributed by atoms with van der Waals surface area (Å²) in [5.74, 6) is -2.00. The smallest absolute Gasteiger partial charge is 0.309 e. The fourth-order valence-corrected chi connectivity index (χ4v) is 12.6. The van der Waals surface area contributed by atoms with Crippen molar-refractivity contribution in [2.24, 2.45) is 40.9 Å². The van der Waals surface area contributed by atoms with Crippen LogP contribution in [0.5, 0.6) is 0 Å². The molecular formula is C50H87N3O10. The van der Waals surface area contributed by atoms with E-state index in [2.05, 4.69) is 60.6 Å². The minimum Gasteiger partial charge on any atom is -0.459 e. The fraction of sp³-hybridized carbons (Fsp3) is 0.860. The minimum atomic E-state index is -1.79. The van der Waals surface area contributed by atoms with Gasteiger partial charge in [0.05, 0.1) is 29.8 Å². The molecule has 1 aromatic rings. The molecule has 0 aromatic heterocycles. The third-order valence-electron chi connectivity index (χ3n) is 16.0. The summed E-state index contributed by atoms with van der Waals surface area (Å²) < 4.78 is 32.5. The highest BCUT2D eigenvalue weighted by atomic mass is 16.7. The maximum absolute atomic E-state index is 14.7. The van der Waals surface area contributed by atoms with Crippen LogP contribution in [0.2, 0.25) is 0 Å². The average molecular weight is 890 g/mol. The Hall–Kier alpha value is -1.75. The number of ether oxygens (including phenoxy) is 5. The van der Waals surface area contributed by atoms with Gasteiger partial charge in [0.15, 0.2) is 6.29 Å². The van der Waals surface area contributed by atoms with Crippen molar-refractivity contribution in [2.75, 3.05) is 33.3 Å². The van der Waals surface area contributed by atoms with Crippen molar-refractivity contribution in [1.82, 2.24) is 15.5 Å². The van der Waals surface area contributed by atoms with Gasteiger partial charge in [-0.25, -0.2) is 0 Å². The normalized spacial score (nSPS) is 45.9.